The number of aromatic nitrogens is 2. The molecule has 0 amide bonds. The average Bonchev–Trinajstić information content (AvgIpc) is 3.63. The molecular weight excluding hydrogens is 928 g/mol. The number of furan rings is 1. The Balaban J connectivity index is 0.00000514. The fraction of sp³-hybridized carbons (Fsp3) is 0.179. The molecule has 306 valence electrons. The van der Waals surface area contributed by atoms with Crippen LogP contribution in [0.4, 0.5) is 0 Å². The number of para-hydroxylation sites is 3. The molecule has 61 heavy (non-hydrogen) atoms. The van der Waals surface area contributed by atoms with Gasteiger partial charge in [0.05, 0.1) is 5.69 Å². The van der Waals surface area contributed by atoms with Crippen LogP contribution in [0.1, 0.15) is 63.9 Å². The van der Waals surface area contributed by atoms with Gasteiger partial charge in [-0.05, 0) is 81.8 Å². The summed E-state index contributed by atoms with van der Waals surface area (Å²) in [5.74, 6) is 0.233. The van der Waals surface area contributed by atoms with E-state index in [0.29, 0.717) is 11.3 Å². The van der Waals surface area contributed by atoms with Crippen molar-refractivity contribution in [3.05, 3.63) is 174 Å². The maximum atomic E-state index is 11.3. The van der Waals surface area contributed by atoms with E-state index in [1.165, 1.54) is 11.1 Å². The molecule has 0 radical (unpaired) electrons. The predicted molar refractivity (Wildman–Crippen MR) is 249 cm³/mol. The average molecular weight is 977 g/mol. The molecule has 4 nitrogen and oxygen atoms in total. The Labute approximate surface area is 373 Å². The number of hydrogen-bond acceptors (Lipinski definition) is 4. The first-order valence-corrected chi connectivity index (χ1v) is 20.7. The third-order valence-corrected chi connectivity index (χ3v) is 11.6. The van der Waals surface area contributed by atoms with Crippen LogP contribution in [0.5, 0.6) is 5.75 Å². The molecule has 0 saturated carbocycles. The molecule has 9 rings (SSSR count). The Morgan fingerprint density at radius 2 is 0.984 bits per heavy atom. The summed E-state index contributed by atoms with van der Waals surface area (Å²) in [6, 6.07) is 54.3. The SMILES string of the molecule is Cc1cc(-c2cccc3c2oc2c(-c4ccccc4)cccc23)cc(-c2[c-]c(-c3cc(-c4cc(C(C)(C)C)cc(C(C)(C)C)c4)cc(-c4cccc(C)c4O)n3)ccc2)n1.[Pt]. The van der Waals surface area contributed by atoms with Crippen LogP contribution in [-0.4, -0.2) is 15.1 Å². The molecule has 3 aromatic heterocycles. The zero-order chi connectivity index (χ0) is 41.9. The topological polar surface area (TPSA) is 59.2 Å². The zero-order valence-electron chi connectivity index (χ0n) is 35.9. The standard InChI is InChI=1S/C56H49N2O2.Pt/c1-34-16-12-25-48(52(34)59)51-31-40(39-28-42(55(3,4)5)33-43(29-39)56(6,7)8)30-50(58-51)38-20-13-19-37(27-38)49-32-41(26-35(2)57-49)45-22-15-24-47-46-23-14-21-44(53(46)60-54(45)47)36-17-10-9-11-18-36;/h9-26,28-33,59H,1-8H3;/q-1;. The Hall–Kier alpha value is -6.09. The van der Waals surface area contributed by atoms with Gasteiger partial charge in [-0.1, -0.05) is 162 Å². The molecule has 0 fully saturated rings. The molecule has 0 atom stereocenters. The van der Waals surface area contributed by atoms with Gasteiger partial charge in [-0.3, -0.25) is 9.97 Å². The van der Waals surface area contributed by atoms with E-state index in [9.17, 15) is 5.11 Å². The van der Waals surface area contributed by atoms with Crippen LogP contribution in [0.25, 0.3) is 89.1 Å². The quantitative estimate of drug-likeness (QED) is 0.169. The first kappa shape index (κ1) is 41.6. The van der Waals surface area contributed by atoms with E-state index < -0.39 is 0 Å². The van der Waals surface area contributed by atoms with Crippen LogP contribution >= 0.6 is 0 Å². The van der Waals surface area contributed by atoms with Gasteiger partial charge >= 0.3 is 0 Å². The predicted octanol–water partition coefficient (Wildman–Crippen LogP) is 15.1. The number of fused-ring (bicyclic) bond motifs is 3. The fourth-order valence-corrected chi connectivity index (χ4v) is 8.12. The van der Waals surface area contributed by atoms with Crippen molar-refractivity contribution in [1.82, 2.24) is 9.97 Å². The van der Waals surface area contributed by atoms with Crippen molar-refractivity contribution in [3.8, 4) is 72.9 Å². The fourth-order valence-electron chi connectivity index (χ4n) is 8.12. The van der Waals surface area contributed by atoms with Crippen LogP contribution in [-0.2, 0) is 31.9 Å². The number of benzene rings is 6. The molecule has 6 aromatic carbocycles. The van der Waals surface area contributed by atoms with E-state index in [2.05, 4.69) is 163 Å². The molecule has 0 bridgehead atoms. The molecular formula is C56H49N2O2Pt-. The third-order valence-electron chi connectivity index (χ3n) is 11.6. The molecule has 3 heterocycles. The van der Waals surface area contributed by atoms with Crippen LogP contribution in [0.2, 0.25) is 0 Å². The molecule has 9 aromatic rings. The molecule has 0 saturated heterocycles. The summed E-state index contributed by atoms with van der Waals surface area (Å²) >= 11 is 0. The van der Waals surface area contributed by atoms with Crippen molar-refractivity contribution in [2.75, 3.05) is 0 Å². The minimum Gasteiger partial charge on any atom is -0.507 e. The number of phenols is 1. The van der Waals surface area contributed by atoms with E-state index in [1.807, 2.05) is 44.2 Å². The molecule has 0 unspecified atom stereocenters. The van der Waals surface area contributed by atoms with E-state index in [4.69, 9.17) is 14.4 Å². The smallest absolute Gasteiger partial charge is 0.143 e. The largest absolute Gasteiger partial charge is 0.507 e. The number of nitrogens with zero attached hydrogens (tertiary/aromatic N) is 2. The monoisotopic (exact) mass is 976 g/mol. The molecule has 0 aliphatic heterocycles. The van der Waals surface area contributed by atoms with Crippen LogP contribution < -0.4 is 0 Å². The Bertz CT molecular complexity index is 3060. The van der Waals surface area contributed by atoms with Crippen molar-refractivity contribution < 1.29 is 30.6 Å². The number of hydrogen-bond donors (Lipinski definition) is 1. The van der Waals surface area contributed by atoms with Crippen molar-refractivity contribution in [3.63, 3.8) is 0 Å². The number of rotatable bonds is 6. The van der Waals surface area contributed by atoms with Gasteiger partial charge in [-0.15, -0.1) is 24.3 Å². The van der Waals surface area contributed by atoms with Crippen molar-refractivity contribution in [1.29, 1.82) is 0 Å². The van der Waals surface area contributed by atoms with Gasteiger partial charge < -0.3 is 9.52 Å². The Morgan fingerprint density at radius 3 is 1.61 bits per heavy atom. The number of pyridine rings is 2. The molecule has 0 aliphatic rings. The van der Waals surface area contributed by atoms with Crippen molar-refractivity contribution >= 4 is 21.9 Å². The summed E-state index contributed by atoms with van der Waals surface area (Å²) in [6.45, 7) is 17.5. The normalized spacial score (nSPS) is 11.9. The van der Waals surface area contributed by atoms with Gasteiger partial charge in [0.25, 0.3) is 0 Å². The Morgan fingerprint density at radius 1 is 0.475 bits per heavy atom. The summed E-state index contributed by atoms with van der Waals surface area (Å²) in [5, 5.41) is 13.5. The second kappa shape index (κ2) is 16.1. The van der Waals surface area contributed by atoms with E-state index in [0.717, 1.165) is 89.1 Å². The molecule has 0 aliphatic carbocycles. The van der Waals surface area contributed by atoms with Crippen molar-refractivity contribution in [2.45, 2.75) is 66.2 Å². The summed E-state index contributed by atoms with van der Waals surface area (Å²) in [6.07, 6.45) is 0. The van der Waals surface area contributed by atoms with E-state index in [-0.39, 0.29) is 37.6 Å². The molecule has 1 N–H and O–H groups in total. The van der Waals surface area contributed by atoms with Gasteiger partial charge in [-0.2, -0.15) is 0 Å². The molecule has 0 spiro atoms. The summed E-state index contributed by atoms with van der Waals surface area (Å²) in [7, 11) is 0. The van der Waals surface area contributed by atoms with Crippen LogP contribution in [0.3, 0.4) is 0 Å². The second-order valence-electron chi connectivity index (χ2n) is 18.1. The summed E-state index contributed by atoms with van der Waals surface area (Å²) < 4.78 is 6.79. The van der Waals surface area contributed by atoms with Gasteiger partial charge in [0.2, 0.25) is 0 Å². The van der Waals surface area contributed by atoms with Gasteiger partial charge in [0.1, 0.15) is 16.9 Å². The van der Waals surface area contributed by atoms with E-state index in [1.54, 1.807) is 0 Å². The van der Waals surface area contributed by atoms with Gasteiger partial charge in [0, 0.05) is 65.6 Å². The van der Waals surface area contributed by atoms with Gasteiger partial charge in [0.15, 0.2) is 0 Å². The Kier molecular flexibility index (Phi) is 11.0. The maximum Gasteiger partial charge on any atom is 0.143 e. The first-order valence-electron chi connectivity index (χ1n) is 20.7. The second-order valence-corrected chi connectivity index (χ2v) is 18.1. The summed E-state index contributed by atoms with van der Waals surface area (Å²) in [4.78, 5) is 10.3. The number of aryl methyl sites for hydroxylation is 2. The van der Waals surface area contributed by atoms with Crippen LogP contribution in [0.15, 0.2) is 150 Å². The minimum atomic E-state index is -0.0493. The molecule has 5 heteroatoms. The van der Waals surface area contributed by atoms with Crippen molar-refractivity contribution in [2.24, 2.45) is 0 Å². The third kappa shape index (κ3) is 8.10. The van der Waals surface area contributed by atoms with Gasteiger partial charge in [-0.25, -0.2) is 0 Å². The maximum absolute atomic E-state index is 11.3. The number of phenolic OH excluding ortho intramolecular Hbond substituents is 1. The number of aromatic hydroxyl groups is 1. The van der Waals surface area contributed by atoms with E-state index >= 15 is 0 Å². The first-order chi connectivity index (χ1) is 28.7. The minimum absolute atomic E-state index is 0. The zero-order valence-corrected chi connectivity index (χ0v) is 38.2. The summed E-state index contributed by atoms with van der Waals surface area (Å²) in [5.41, 5.74) is 16.9. The van der Waals surface area contributed by atoms with Crippen LogP contribution in [0, 0.1) is 19.9 Å².